The van der Waals surface area contributed by atoms with Crippen molar-refractivity contribution in [1.29, 1.82) is 0 Å². The lowest BCUT2D eigenvalue weighted by molar-refractivity contribution is 0.0756. The molecule has 5 rings (SSSR count). The van der Waals surface area contributed by atoms with Crippen LogP contribution in [0.15, 0.2) is 66.7 Å². The zero-order valence-electron chi connectivity index (χ0n) is 19.4. The Bertz CT molecular complexity index is 1360. The lowest BCUT2D eigenvalue weighted by atomic mass is 10.1. The van der Waals surface area contributed by atoms with Crippen molar-refractivity contribution < 1.29 is 18.7 Å². The van der Waals surface area contributed by atoms with Crippen molar-refractivity contribution in [2.75, 3.05) is 13.7 Å². The molecule has 0 radical (unpaired) electrons. The van der Waals surface area contributed by atoms with E-state index in [1.54, 1.807) is 25.3 Å². The van der Waals surface area contributed by atoms with Crippen molar-refractivity contribution in [2.45, 2.75) is 25.0 Å². The molecule has 1 amide bonds. The van der Waals surface area contributed by atoms with Crippen molar-refractivity contribution in [1.82, 2.24) is 15.5 Å². The molecule has 6 nitrogen and oxygen atoms in total. The third kappa shape index (κ3) is 5.10. The smallest absolute Gasteiger partial charge is 0.255 e. The molecule has 178 valence electrons. The van der Waals surface area contributed by atoms with E-state index in [1.165, 1.54) is 12.1 Å². The number of fused-ring (bicyclic) bond motifs is 1. The third-order valence-corrected chi connectivity index (χ3v) is 6.19. The number of H-pyrrole nitrogens is 1. The lowest BCUT2D eigenvalue weighted by Crippen LogP contribution is -2.40. The van der Waals surface area contributed by atoms with Crippen LogP contribution in [-0.4, -0.2) is 35.4 Å². The molecule has 0 aliphatic heterocycles. The molecule has 0 spiro atoms. The number of amides is 1. The number of rotatable bonds is 9. The number of nitrogens with zero attached hydrogens (tertiary/aromatic N) is 1. The topological polar surface area (TPSA) is 76.2 Å². The first-order valence-corrected chi connectivity index (χ1v) is 11.5. The van der Waals surface area contributed by atoms with Crippen molar-refractivity contribution in [2.24, 2.45) is 0 Å². The highest BCUT2D eigenvalue weighted by molar-refractivity contribution is 6.05. The minimum Gasteiger partial charge on any atom is -0.495 e. The summed E-state index contributed by atoms with van der Waals surface area (Å²) in [6.07, 6.45) is 5.39. The van der Waals surface area contributed by atoms with Gasteiger partial charge in [0.15, 0.2) is 0 Å². The number of carbonyl (C=O) groups excluding carboxylic acids is 1. The van der Waals surface area contributed by atoms with Gasteiger partial charge in [-0.15, -0.1) is 0 Å². The Morgan fingerprint density at radius 1 is 1.09 bits per heavy atom. The quantitative estimate of drug-likeness (QED) is 0.345. The van der Waals surface area contributed by atoms with E-state index in [0.29, 0.717) is 35.6 Å². The summed E-state index contributed by atoms with van der Waals surface area (Å²) in [5.74, 6) is -0.0451. The van der Waals surface area contributed by atoms with Gasteiger partial charge in [-0.3, -0.25) is 9.89 Å². The van der Waals surface area contributed by atoms with Crippen LogP contribution in [0.5, 0.6) is 5.75 Å². The summed E-state index contributed by atoms with van der Waals surface area (Å²) in [4.78, 5) is 13.3. The van der Waals surface area contributed by atoms with Crippen LogP contribution in [-0.2, 0) is 11.3 Å². The maximum absolute atomic E-state index is 13.3. The molecule has 1 fully saturated rings. The number of hydrogen-bond acceptors (Lipinski definition) is 4. The highest BCUT2D eigenvalue weighted by Crippen LogP contribution is 2.38. The zero-order chi connectivity index (χ0) is 24.3. The SMILES string of the molecule is COc1c(C(=O)NC2(COCc3ccccc3)CC2)ccc2[nH]nc(/C=C/c3ccc(F)cc3)c12. The number of halogens is 1. The molecule has 35 heavy (non-hydrogen) atoms. The normalized spacial score (nSPS) is 14.3. The van der Waals surface area contributed by atoms with Gasteiger partial charge in [0.05, 0.1) is 48.0 Å². The van der Waals surface area contributed by atoms with Crippen LogP contribution in [0.1, 0.15) is 40.0 Å². The molecule has 1 aliphatic carbocycles. The van der Waals surface area contributed by atoms with Crippen LogP contribution < -0.4 is 10.1 Å². The highest BCUT2D eigenvalue weighted by atomic mass is 19.1. The number of methoxy groups -OCH3 is 1. The van der Waals surface area contributed by atoms with Crippen LogP contribution in [0, 0.1) is 5.82 Å². The summed E-state index contributed by atoms with van der Waals surface area (Å²) in [5.41, 5.74) is 3.40. The van der Waals surface area contributed by atoms with Crippen molar-refractivity contribution in [3.8, 4) is 5.75 Å². The summed E-state index contributed by atoms with van der Waals surface area (Å²) >= 11 is 0. The van der Waals surface area contributed by atoms with Gasteiger partial charge < -0.3 is 14.8 Å². The molecule has 3 aromatic carbocycles. The molecule has 0 unspecified atom stereocenters. The van der Waals surface area contributed by atoms with Crippen LogP contribution in [0.3, 0.4) is 0 Å². The van der Waals surface area contributed by atoms with E-state index in [4.69, 9.17) is 9.47 Å². The van der Waals surface area contributed by atoms with E-state index in [2.05, 4.69) is 15.5 Å². The van der Waals surface area contributed by atoms with Gasteiger partial charge in [0.25, 0.3) is 5.91 Å². The van der Waals surface area contributed by atoms with Gasteiger partial charge in [-0.25, -0.2) is 4.39 Å². The van der Waals surface area contributed by atoms with Crippen LogP contribution >= 0.6 is 0 Å². The van der Waals surface area contributed by atoms with E-state index in [9.17, 15) is 9.18 Å². The van der Waals surface area contributed by atoms with Gasteiger partial charge in [0.1, 0.15) is 11.6 Å². The van der Waals surface area contributed by atoms with E-state index in [0.717, 1.165) is 29.5 Å². The fraction of sp³-hybridized carbons (Fsp3) is 0.214. The minimum atomic E-state index is -0.354. The van der Waals surface area contributed by atoms with E-state index in [1.807, 2.05) is 48.6 Å². The number of aromatic amines is 1. The Kier molecular flexibility index (Phi) is 6.33. The first-order chi connectivity index (χ1) is 17.1. The van der Waals surface area contributed by atoms with Crippen LogP contribution in [0.4, 0.5) is 4.39 Å². The maximum atomic E-state index is 13.3. The first kappa shape index (κ1) is 22.8. The van der Waals surface area contributed by atoms with Gasteiger partial charge in [-0.1, -0.05) is 48.5 Å². The predicted molar refractivity (Wildman–Crippen MR) is 134 cm³/mol. The Morgan fingerprint density at radius 3 is 2.57 bits per heavy atom. The van der Waals surface area contributed by atoms with Crippen molar-refractivity contribution in [3.05, 3.63) is 94.9 Å². The second-order valence-electron chi connectivity index (χ2n) is 8.78. The average Bonchev–Trinajstić information content (AvgIpc) is 3.51. The molecule has 2 N–H and O–H groups in total. The van der Waals surface area contributed by atoms with E-state index >= 15 is 0 Å². The van der Waals surface area contributed by atoms with Crippen LogP contribution in [0.25, 0.3) is 23.1 Å². The Hall–Kier alpha value is -3.97. The third-order valence-electron chi connectivity index (χ3n) is 6.19. The molecule has 0 saturated heterocycles. The minimum absolute atomic E-state index is 0.209. The first-order valence-electron chi connectivity index (χ1n) is 11.5. The molecular weight excluding hydrogens is 445 g/mol. The second kappa shape index (κ2) is 9.72. The monoisotopic (exact) mass is 471 g/mol. The van der Waals surface area contributed by atoms with Crippen molar-refractivity contribution >= 4 is 29.0 Å². The molecular formula is C28H26FN3O3. The average molecular weight is 472 g/mol. The van der Waals surface area contributed by atoms with Gasteiger partial charge in [0, 0.05) is 0 Å². The van der Waals surface area contributed by atoms with Crippen LogP contribution in [0.2, 0.25) is 0 Å². The number of ether oxygens (including phenoxy) is 2. The number of carbonyl (C=O) groups is 1. The Labute approximate surface area is 202 Å². The maximum Gasteiger partial charge on any atom is 0.255 e. The summed E-state index contributed by atoms with van der Waals surface area (Å²) in [6.45, 7) is 0.960. The standard InChI is InChI=1S/C28H26FN3O3/c1-34-26-22(27(33)30-28(15-16-28)18-35-17-20-5-3-2-4-6-20)12-14-24-25(26)23(31-32-24)13-9-19-7-10-21(29)11-8-19/h2-14H,15-18H2,1H3,(H,30,33)(H,31,32)/b13-9+. The van der Waals surface area contributed by atoms with Gasteiger partial charge in [-0.2, -0.15) is 5.10 Å². The van der Waals surface area contributed by atoms with Crippen molar-refractivity contribution in [3.63, 3.8) is 0 Å². The highest BCUT2D eigenvalue weighted by Gasteiger charge is 2.44. The fourth-order valence-electron chi connectivity index (χ4n) is 4.07. The molecule has 0 bridgehead atoms. The Balaban J connectivity index is 1.33. The lowest BCUT2D eigenvalue weighted by Gasteiger charge is -2.19. The second-order valence-corrected chi connectivity index (χ2v) is 8.78. The summed E-state index contributed by atoms with van der Waals surface area (Å²) in [5, 5.41) is 11.2. The molecule has 0 atom stereocenters. The van der Waals surface area contributed by atoms with Gasteiger partial charge in [0.2, 0.25) is 0 Å². The fourth-order valence-corrected chi connectivity index (χ4v) is 4.07. The van der Waals surface area contributed by atoms with Gasteiger partial charge in [-0.05, 0) is 54.3 Å². The summed E-state index contributed by atoms with van der Waals surface area (Å²) in [6, 6.07) is 19.7. The number of benzene rings is 3. The Morgan fingerprint density at radius 2 is 1.86 bits per heavy atom. The molecule has 1 heterocycles. The summed E-state index contributed by atoms with van der Waals surface area (Å²) in [7, 11) is 1.54. The zero-order valence-corrected chi connectivity index (χ0v) is 19.4. The summed E-state index contributed by atoms with van der Waals surface area (Å²) < 4.78 is 24.8. The molecule has 4 aromatic rings. The molecule has 1 saturated carbocycles. The number of aromatic nitrogens is 2. The number of nitrogens with one attached hydrogen (secondary N) is 2. The van der Waals surface area contributed by atoms with Gasteiger partial charge >= 0.3 is 0 Å². The predicted octanol–water partition coefficient (Wildman–Crippen LogP) is 5.36. The molecule has 7 heteroatoms. The van der Waals surface area contributed by atoms with E-state index < -0.39 is 0 Å². The molecule has 1 aromatic heterocycles. The molecule has 1 aliphatic rings. The van der Waals surface area contributed by atoms with E-state index in [-0.39, 0.29) is 17.3 Å². The largest absolute Gasteiger partial charge is 0.495 e. The number of hydrogen-bond donors (Lipinski definition) is 2.